The highest BCUT2D eigenvalue weighted by Gasteiger charge is 2.35. The average molecular weight is 677 g/mol. The Bertz CT molecular complexity index is 2850. The van der Waals surface area contributed by atoms with Gasteiger partial charge in [0, 0.05) is 22.1 Å². The molecule has 0 fully saturated rings. The second-order valence-corrected chi connectivity index (χ2v) is 14.5. The quantitative estimate of drug-likeness (QED) is 0.181. The Morgan fingerprint density at radius 1 is 0.321 bits per heavy atom. The van der Waals surface area contributed by atoms with E-state index in [9.17, 15) is 0 Å². The van der Waals surface area contributed by atoms with E-state index < -0.39 is 0 Å². The van der Waals surface area contributed by atoms with Gasteiger partial charge in [-0.2, -0.15) is 0 Å². The topological polar surface area (TPSA) is 25.8 Å². The number of hydrogen-bond acceptors (Lipinski definition) is 2. The molecule has 0 saturated carbocycles. The molecule has 0 spiro atoms. The van der Waals surface area contributed by atoms with Gasteiger partial charge in [-0.25, -0.2) is 9.97 Å². The van der Waals surface area contributed by atoms with Crippen LogP contribution in [0.15, 0.2) is 182 Å². The maximum atomic E-state index is 5.27. The van der Waals surface area contributed by atoms with Gasteiger partial charge < -0.3 is 0 Å². The molecule has 10 rings (SSSR count). The summed E-state index contributed by atoms with van der Waals surface area (Å²) < 4.78 is 0. The summed E-state index contributed by atoms with van der Waals surface area (Å²) in [5, 5.41) is 4.74. The maximum absolute atomic E-state index is 5.27. The van der Waals surface area contributed by atoms with E-state index in [4.69, 9.17) is 9.97 Å². The second-order valence-electron chi connectivity index (χ2n) is 14.5. The van der Waals surface area contributed by atoms with Gasteiger partial charge >= 0.3 is 0 Å². The zero-order chi connectivity index (χ0) is 35.5. The minimum atomic E-state index is -0.0231. The molecule has 1 aliphatic carbocycles. The van der Waals surface area contributed by atoms with Crippen LogP contribution in [0.1, 0.15) is 25.0 Å². The molecule has 1 aliphatic rings. The van der Waals surface area contributed by atoms with Crippen molar-refractivity contribution in [3.05, 3.63) is 193 Å². The second kappa shape index (κ2) is 12.3. The summed E-state index contributed by atoms with van der Waals surface area (Å²) in [6.45, 7) is 4.67. The lowest BCUT2D eigenvalue weighted by Crippen LogP contribution is -2.14. The molecule has 0 amide bonds. The highest BCUT2D eigenvalue weighted by molar-refractivity contribution is 6.07. The van der Waals surface area contributed by atoms with E-state index in [1.807, 2.05) is 6.07 Å². The summed E-state index contributed by atoms with van der Waals surface area (Å²) in [6, 6.07) is 65.4. The smallest absolute Gasteiger partial charge is 0.160 e. The van der Waals surface area contributed by atoms with Gasteiger partial charge in [0.15, 0.2) is 5.82 Å². The third-order valence-electron chi connectivity index (χ3n) is 11.1. The van der Waals surface area contributed by atoms with Gasteiger partial charge in [0.25, 0.3) is 0 Å². The van der Waals surface area contributed by atoms with Crippen molar-refractivity contribution in [3.63, 3.8) is 0 Å². The standard InChI is InChI=1S/C51H36N2/c1-51(2)46-24-14-13-23-42(46)45-31-35(25-30-47(45)51)37-27-29-44(41-22-12-10-20-39(37)41)49-32-48(52-50(53-49)34-17-7-4-8-18-34)43-28-26-36(33-15-5-3-6-16-33)38-19-9-11-21-40(38)43/h3-32H,1-2H3. The Hall–Kier alpha value is -6.64. The fraction of sp³-hybridized carbons (Fsp3) is 0.0588. The first-order chi connectivity index (χ1) is 26.0. The summed E-state index contributed by atoms with van der Waals surface area (Å²) in [5.41, 5.74) is 15.2. The number of hydrogen-bond donors (Lipinski definition) is 0. The molecule has 250 valence electrons. The van der Waals surface area contributed by atoms with Gasteiger partial charge in [-0.1, -0.05) is 184 Å². The van der Waals surface area contributed by atoms with E-state index in [0.717, 1.165) is 28.1 Å². The molecule has 1 aromatic heterocycles. The number of benzene rings is 8. The molecule has 0 N–H and O–H groups in total. The molecule has 2 heteroatoms. The lowest BCUT2D eigenvalue weighted by molar-refractivity contribution is 0.660. The molecule has 53 heavy (non-hydrogen) atoms. The van der Waals surface area contributed by atoms with E-state index in [1.165, 1.54) is 66.1 Å². The first-order valence-electron chi connectivity index (χ1n) is 18.3. The highest BCUT2D eigenvalue weighted by atomic mass is 14.9. The third kappa shape index (κ3) is 5.10. The summed E-state index contributed by atoms with van der Waals surface area (Å²) >= 11 is 0. The van der Waals surface area contributed by atoms with Crippen molar-refractivity contribution in [3.8, 4) is 67.3 Å². The van der Waals surface area contributed by atoms with E-state index in [2.05, 4.69) is 190 Å². The highest BCUT2D eigenvalue weighted by Crippen LogP contribution is 2.50. The Balaban J connectivity index is 1.16. The minimum absolute atomic E-state index is 0.0231. The van der Waals surface area contributed by atoms with Crippen molar-refractivity contribution in [2.24, 2.45) is 0 Å². The van der Waals surface area contributed by atoms with E-state index in [0.29, 0.717) is 5.82 Å². The number of fused-ring (bicyclic) bond motifs is 5. The summed E-state index contributed by atoms with van der Waals surface area (Å²) in [7, 11) is 0. The van der Waals surface area contributed by atoms with Crippen molar-refractivity contribution in [1.29, 1.82) is 0 Å². The first kappa shape index (κ1) is 31.1. The number of aromatic nitrogens is 2. The van der Waals surface area contributed by atoms with Crippen molar-refractivity contribution in [1.82, 2.24) is 9.97 Å². The molecule has 0 bridgehead atoms. The van der Waals surface area contributed by atoms with E-state index in [1.54, 1.807) is 0 Å². The normalized spacial score (nSPS) is 12.9. The average Bonchev–Trinajstić information content (AvgIpc) is 3.45. The van der Waals surface area contributed by atoms with Gasteiger partial charge in [-0.3, -0.25) is 0 Å². The summed E-state index contributed by atoms with van der Waals surface area (Å²) in [4.78, 5) is 10.5. The van der Waals surface area contributed by atoms with Gasteiger partial charge in [-0.15, -0.1) is 0 Å². The molecule has 0 aliphatic heterocycles. The van der Waals surface area contributed by atoms with Gasteiger partial charge in [0.1, 0.15) is 0 Å². The van der Waals surface area contributed by atoms with Crippen molar-refractivity contribution >= 4 is 21.5 Å². The largest absolute Gasteiger partial charge is 0.228 e. The Morgan fingerprint density at radius 3 is 1.38 bits per heavy atom. The third-order valence-corrected chi connectivity index (χ3v) is 11.1. The molecular weight excluding hydrogens is 641 g/mol. The SMILES string of the molecule is CC1(C)c2ccccc2-c2cc(-c3ccc(-c4cc(-c5ccc(-c6ccccc6)c6ccccc56)nc(-c5ccccc5)n4)c4ccccc34)ccc21. The van der Waals surface area contributed by atoms with Crippen molar-refractivity contribution < 1.29 is 0 Å². The van der Waals surface area contributed by atoms with Crippen LogP contribution in [0.3, 0.4) is 0 Å². The molecule has 8 aromatic carbocycles. The van der Waals surface area contributed by atoms with Crippen LogP contribution in [0.2, 0.25) is 0 Å². The van der Waals surface area contributed by atoms with Crippen LogP contribution in [0, 0.1) is 0 Å². The molecule has 0 atom stereocenters. The molecule has 0 saturated heterocycles. The Kier molecular flexibility index (Phi) is 7.19. The van der Waals surface area contributed by atoms with E-state index >= 15 is 0 Å². The molecule has 2 nitrogen and oxygen atoms in total. The van der Waals surface area contributed by atoms with Crippen LogP contribution < -0.4 is 0 Å². The molecule has 0 radical (unpaired) electrons. The number of nitrogens with zero attached hydrogens (tertiary/aromatic N) is 2. The van der Waals surface area contributed by atoms with Crippen LogP contribution in [-0.2, 0) is 5.41 Å². The van der Waals surface area contributed by atoms with Gasteiger partial charge in [0.05, 0.1) is 11.4 Å². The number of rotatable bonds is 5. The molecular formula is C51H36N2. The van der Waals surface area contributed by atoms with Gasteiger partial charge in [0.2, 0.25) is 0 Å². The predicted molar refractivity (Wildman–Crippen MR) is 222 cm³/mol. The van der Waals surface area contributed by atoms with Crippen molar-refractivity contribution in [2.45, 2.75) is 19.3 Å². The van der Waals surface area contributed by atoms with Crippen LogP contribution in [0.25, 0.3) is 88.8 Å². The fourth-order valence-corrected chi connectivity index (χ4v) is 8.49. The zero-order valence-electron chi connectivity index (χ0n) is 29.7. The lowest BCUT2D eigenvalue weighted by Gasteiger charge is -2.21. The van der Waals surface area contributed by atoms with Gasteiger partial charge in [-0.05, 0) is 78.2 Å². The minimum Gasteiger partial charge on any atom is -0.228 e. The zero-order valence-corrected chi connectivity index (χ0v) is 29.7. The molecule has 9 aromatic rings. The molecule has 0 unspecified atom stereocenters. The summed E-state index contributed by atoms with van der Waals surface area (Å²) in [6.07, 6.45) is 0. The van der Waals surface area contributed by atoms with Crippen LogP contribution >= 0.6 is 0 Å². The predicted octanol–water partition coefficient (Wildman–Crippen LogP) is 13.4. The Morgan fingerprint density at radius 2 is 0.774 bits per heavy atom. The van der Waals surface area contributed by atoms with Crippen LogP contribution in [-0.4, -0.2) is 9.97 Å². The monoisotopic (exact) mass is 676 g/mol. The Labute approximate surface area is 310 Å². The van der Waals surface area contributed by atoms with Crippen LogP contribution in [0.5, 0.6) is 0 Å². The lowest BCUT2D eigenvalue weighted by atomic mass is 9.82. The maximum Gasteiger partial charge on any atom is 0.160 e. The fourth-order valence-electron chi connectivity index (χ4n) is 8.49. The van der Waals surface area contributed by atoms with Crippen molar-refractivity contribution in [2.75, 3.05) is 0 Å². The first-order valence-corrected chi connectivity index (χ1v) is 18.3. The van der Waals surface area contributed by atoms with E-state index in [-0.39, 0.29) is 5.41 Å². The summed E-state index contributed by atoms with van der Waals surface area (Å²) in [5.74, 6) is 0.711. The van der Waals surface area contributed by atoms with Crippen LogP contribution in [0.4, 0.5) is 0 Å². The molecule has 1 heterocycles.